The standard InChI is InChI=1S/C26H35N5O5/c1-36-22-9-5-8-19-17(22)14-20(24(28)33)31(19)21(12-15-6-3-2-4-7-15)26(35)30-18(23(27)32)13-16-10-11-29-25(16)34/h5,8-9,14-16,18,21H,2-4,6-7,10-13H2,1H3,(H2,27,32)(H2,28,33)(H,29,34)(H,30,35)/t16-,18-,21-/m0/s1. The largest absolute Gasteiger partial charge is 0.496 e. The lowest BCUT2D eigenvalue weighted by Gasteiger charge is -2.29. The maximum absolute atomic E-state index is 13.8. The molecule has 2 heterocycles. The van der Waals surface area contributed by atoms with E-state index in [1.54, 1.807) is 29.9 Å². The number of nitrogens with one attached hydrogen (secondary N) is 2. The van der Waals surface area contributed by atoms with Crippen LogP contribution in [0.4, 0.5) is 0 Å². The van der Waals surface area contributed by atoms with Gasteiger partial charge in [0.05, 0.1) is 12.6 Å². The second-order valence-corrected chi connectivity index (χ2v) is 9.89. The maximum Gasteiger partial charge on any atom is 0.265 e. The first kappa shape index (κ1) is 25.5. The van der Waals surface area contributed by atoms with Crippen molar-refractivity contribution in [2.45, 2.75) is 63.5 Å². The van der Waals surface area contributed by atoms with Crippen LogP contribution in [-0.2, 0) is 14.4 Å². The molecule has 4 rings (SSSR count). The zero-order chi connectivity index (χ0) is 25.8. The smallest absolute Gasteiger partial charge is 0.265 e. The van der Waals surface area contributed by atoms with Gasteiger partial charge in [0.15, 0.2) is 0 Å². The summed E-state index contributed by atoms with van der Waals surface area (Å²) in [6.07, 6.45) is 6.51. The molecule has 2 aliphatic rings. The number of fused-ring (bicyclic) bond motifs is 1. The van der Waals surface area contributed by atoms with E-state index in [0.29, 0.717) is 36.0 Å². The third kappa shape index (κ3) is 5.32. The Bertz CT molecular complexity index is 1150. The van der Waals surface area contributed by atoms with Crippen molar-refractivity contribution >= 4 is 34.5 Å². The molecule has 0 radical (unpaired) electrons. The lowest BCUT2D eigenvalue weighted by atomic mass is 9.84. The first-order chi connectivity index (χ1) is 17.3. The van der Waals surface area contributed by atoms with Crippen molar-refractivity contribution in [3.63, 3.8) is 0 Å². The Morgan fingerprint density at radius 3 is 2.50 bits per heavy atom. The van der Waals surface area contributed by atoms with Crippen LogP contribution in [0.3, 0.4) is 0 Å². The molecule has 1 aliphatic carbocycles. The first-order valence-electron chi connectivity index (χ1n) is 12.6. The second kappa shape index (κ2) is 11.0. The van der Waals surface area contributed by atoms with Gasteiger partial charge in [-0.15, -0.1) is 0 Å². The summed E-state index contributed by atoms with van der Waals surface area (Å²) < 4.78 is 7.15. The van der Waals surface area contributed by atoms with Crippen LogP contribution >= 0.6 is 0 Å². The van der Waals surface area contributed by atoms with Crippen molar-refractivity contribution in [3.8, 4) is 5.75 Å². The quantitative estimate of drug-likeness (QED) is 0.393. The number of carbonyl (C=O) groups is 4. The summed E-state index contributed by atoms with van der Waals surface area (Å²) in [6.45, 7) is 0.534. The van der Waals surface area contributed by atoms with Crippen LogP contribution in [0.15, 0.2) is 24.3 Å². The topological polar surface area (TPSA) is 159 Å². The van der Waals surface area contributed by atoms with Crippen molar-refractivity contribution < 1.29 is 23.9 Å². The first-order valence-corrected chi connectivity index (χ1v) is 12.6. The predicted octanol–water partition coefficient (Wildman–Crippen LogP) is 1.76. The molecule has 0 spiro atoms. The van der Waals surface area contributed by atoms with Crippen LogP contribution in [0, 0.1) is 11.8 Å². The number of nitrogens with two attached hydrogens (primary N) is 2. The molecule has 1 saturated heterocycles. The number of benzene rings is 1. The summed E-state index contributed by atoms with van der Waals surface area (Å²) in [5, 5.41) is 6.22. The van der Waals surface area contributed by atoms with Gasteiger partial charge >= 0.3 is 0 Å². The molecule has 2 aromatic rings. The SMILES string of the molecule is COc1cccc2c1cc(C(N)=O)n2[C@@H](CC1CCCCC1)C(=O)N[C@@H](C[C@@H]1CCNC1=O)C(N)=O. The molecule has 6 N–H and O–H groups in total. The van der Waals surface area contributed by atoms with Gasteiger partial charge in [0.2, 0.25) is 17.7 Å². The van der Waals surface area contributed by atoms with Gasteiger partial charge in [-0.1, -0.05) is 38.2 Å². The van der Waals surface area contributed by atoms with Crippen molar-refractivity contribution in [1.29, 1.82) is 0 Å². The zero-order valence-electron chi connectivity index (χ0n) is 20.6. The Labute approximate surface area is 210 Å². The lowest BCUT2D eigenvalue weighted by molar-refractivity contribution is -0.131. The van der Waals surface area contributed by atoms with E-state index < -0.39 is 35.7 Å². The van der Waals surface area contributed by atoms with Crippen LogP contribution in [0.5, 0.6) is 5.75 Å². The fraction of sp³-hybridized carbons (Fsp3) is 0.538. The number of hydrogen-bond donors (Lipinski definition) is 4. The monoisotopic (exact) mass is 497 g/mol. The molecule has 194 valence electrons. The number of nitrogens with zero attached hydrogens (tertiary/aromatic N) is 1. The molecule has 3 atom stereocenters. The third-order valence-electron chi connectivity index (χ3n) is 7.55. The average Bonchev–Trinajstić information content (AvgIpc) is 3.45. The number of rotatable bonds is 10. The Morgan fingerprint density at radius 2 is 1.89 bits per heavy atom. The highest BCUT2D eigenvalue weighted by Crippen LogP contribution is 2.36. The summed E-state index contributed by atoms with van der Waals surface area (Å²) in [4.78, 5) is 50.7. The van der Waals surface area contributed by atoms with E-state index in [1.807, 2.05) is 6.07 Å². The maximum atomic E-state index is 13.8. The van der Waals surface area contributed by atoms with Gasteiger partial charge in [-0.3, -0.25) is 19.2 Å². The number of hydrogen-bond acceptors (Lipinski definition) is 5. The number of methoxy groups -OCH3 is 1. The predicted molar refractivity (Wildman–Crippen MR) is 134 cm³/mol. The molecule has 1 saturated carbocycles. The van der Waals surface area contributed by atoms with Gasteiger partial charge in [-0.05, 0) is 43.4 Å². The van der Waals surface area contributed by atoms with E-state index in [0.717, 1.165) is 32.1 Å². The molecule has 36 heavy (non-hydrogen) atoms. The number of amides is 4. The third-order valence-corrected chi connectivity index (χ3v) is 7.55. The van der Waals surface area contributed by atoms with Crippen LogP contribution in [-0.4, -0.2) is 47.9 Å². The van der Waals surface area contributed by atoms with E-state index in [-0.39, 0.29) is 23.9 Å². The van der Waals surface area contributed by atoms with Crippen LogP contribution < -0.4 is 26.8 Å². The van der Waals surface area contributed by atoms with Crippen molar-refractivity contribution in [1.82, 2.24) is 15.2 Å². The number of primary amides is 2. The fourth-order valence-corrected chi connectivity index (χ4v) is 5.66. The normalized spacial score (nSPS) is 20.0. The van der Waals surface area contributed by atoms with Gasteiger partial charge < -0.3 is 31.4 Å². The second-order valence-electron chi connectivity index (χ2n) is 9.89. The molecular formula is C26H35N5O5. The Kier molecular flexibility index (Phi) is 7.81. The minimum absolute atomic E-state index is 0.131. The summed E-state index contributed by atoms with van der Waals surface area (Å²) in [5.74, 6) is -1.48. The summed E-state index contributed by atoms with van der Waals surface area (Å²) in [5.41, 5.74) is 12.2. The number of ether oxygens (including phenoxy) is 1. The van der Waals surface area contributed by atoms with Gasteiger partial charge in [0.25, 0.3) is 5.91 Å². The zero-order valence-corrected chi connectivity index (χ0v) is 20.6. The summed E-state index contributed by atoms with van der Waals surface area (Å²) >= 11 is 0. The lowest BCUT2D eigenvalue weighted by Crippen LogP contribution is -2.49. The van der Waals surface area contributed by atoms with Crippen molar-refractivity contribution in [3.05, 3.63) is 30.0 Å². The molecule has 2 fully saturated rings. The van der Waals surface area contributed by atoms with Crippen LogP contribution in [0.1, 0.15) is 67.9 Å². The fourth-order valence-electron chi connectivity index (χ4n) is 5.66. The van der Waals surface area contributed by atoms with Gasteiger partial charge in [0, 0.05) is 17.8 Å². The minimum atomic E-state index is -1.01. The molecule has 1 aromatic heterocycles. The highest BCUT2D eigenvalue weighted by atomic mass is 16.5. The van der Waals surface area contributed by atoms with Crippen molar-refractivity contribution in [2.24, 2.45) is 23.3 Å². The molecule has 10 heteroatoms. The van der Waals surface area contributed by atoms with E-state index in [9.17, 15) is 19.2 Å². The van der Waals surface area contributed by atoms with E-state index >= 15 is 0 Å². The molecule has 0 bridgehead atoms. The van der Waals surface area contributed by atoms with Crippen LogP contribution in [0.2, 0.25) is 0 Å². The molecule has 1 aliphatic heterocycles. The molecular weight excluding hydrogens is 462 g/mol. The Morgan fingerprint density at radius 1 is 1.14 bits per heavy atom. The average molecular weight is 498 g/mol. The highest BCUT2D eigenvalue weighted by Gasteiger charge is 2.35. The van der Waals surface area contributed by atoms with E-state index in [4.69, 9.17) is 16.2 Å². The highest BCUT2D eigenvalue weighted by molar-refractivity contribution is 6.01. The van der Waals surface area contributed by atoms with Gasteiger partial charge in [0.1, 0.15) is 23.5 Å². The van der Waals surface area contributed by atoms with E-state index in [1.165, 1.54) is 0 Å². The van der Waals surface area contributed by atoms with Crippen molar-refractivity contribution in [2.75, 3.05) is 13.7 Å². The summed E-state index contributed by atoms with van der Waals surface area (Å²) in [6, 6.07) is 5.24. The Balaban J connectivity index is 1.72. The molecule has 1 aromatic carbocycles. The summed E-state index contributed by atoms with van der Waals surface area (Å²) in [7, 11) is 1.54. The number of carbonyl (C=O) groups excluding carboxylic acids is 4. The molecule has 10 nitrogen and oxygen atoms in total. The Hall–Kier alpha value is -3.56. The minimum Gasteiger partial charge on any atom is -0.496 e. The van der Waals surface area contributed by atoms with Gasteiger partial charge in [-0.25, -0.2) is 0 Å². The molecule has 0 unspecified atom stereocenters. The van der Waals surface area contributed by atoms with Crippen LogP contribution in [0.25, 0.3) is 10.9 Å². The molecule has 4 amide bonds. The van der Waals surface area contributed by atoms with Gasteiger partial charge in [-0.2, -0.15) is 0 Å². The number of aromatic nitrogens is 1. The van der Waals surface area contributed by atoms with E-state index in [2.05, 4.69) is 10.6 Å².